The zero-order chi connectivity index (χ0) is 15.9. The molecule has 0 heterocycles. The quantitative estimate of drug-likeness (QED) is 0.847. The van der Waals surface area contributed by atoms with E-state index in [1.807, 2.05) is 18.2 Å². The first-order valence-electron chi connectivity index (χ1n) is 6.41. The summed E-state index contributed by atoms with van der Waals surface area (Å²) >= 11 is 13.4. The van der Waals surface area contributed by atoms with Crippen molar-refractivity contribution in [3.8, 4) is 6.07 Å². The molecule has 2 aromatic carbocycles. The Morgan fingerprint density at radius 2 is 1.82 bits per heavy atom. The Kier molecular flexibility index (Phi) is 6.14. The van der Waals surface area contributed by atoms with Crippen molar-refractivity contribution in [2.24, 2.45) is 0 Å². The Morgan fingerprint density at radius 3 is 2.50 bits per heavy atom. The van der Waals surface area contributed by atoms with Gasteiger partial charge in [-0.3, -0.25) is 4.79 Å². The van der Waals surface area contributed by atoms with Gasteiger partial charge >= 0.3 is 0 Å². The van der Waals surface area contributed by atoms with Crippen LogP contribution in [0.25, 0.3) is 0 Å². The molecular weight excluding hydrogens is 339 g/mol. The lowest BCUT2D eigenvalue weighted by molar-refractivity contribution is -0.113. The number of nitrogens with zero attached hydrogens (tertiary/aromatic N) is 1. The van der Waals surface area contributed by atoms with E-state index >= 15 is 0 Å². The molecule has 0 atom stereocenters. The molecule has 0 unspecified atom stereocenters. The Hall–Kier alpha value is -1.67. The van der Waals surface area contributed by atoms with Crippen molar-refractivity contribution in [2.75, 3.05) is 11.1 Å². The van der Waals surface area contributed by atoms with E-state index in [1.54, 1.807) is 24.3 Å². The SMILES string of the molecule is N#Cc1ccccc1CSCC(=O)Nc1c(Cl)cccc1Cl. The lowest BCUT2D eigenvalue weighted by Crippen LogP contribution is -2.14. The fourth-order valence-electron chi connectivity index (χ4n) is 1.80. The zero-order valence-corrected chi connectivity index (χ0v) is 13.8. The van der Waals surface area contributed by atoms with Crippen LogP contribution < -0.4 is 5.32 Å². The van der Waals surface area contributed by atoms with Gasteiger partial charge in [-0.1, -0.05) is 47.5 Å². The summed E-state index contributed by atoms with van der Waals surface area (Å²) in [5.74, 6) is 0.656. The highest BCUT2D eigenvalue weighted by Gasteiger charge is 2.10. The van der Waals surface area contributed by atoms with Gasteiger partial charge in [0.05, 0.1) is 33.1 Å². The number of para-hydroxylation sites is 1. The fraction of sp³-hybridized carbons (Fsp3) is 0.125. The highest BCUT2D eigenvalue weighted by molar-refractivity contribution is 7.99. The molecule has 2 rings (SSSR count). The van der Waals surface area contributed by atoms with E-state index in [4.69, 9.17) is 28.5 Å². The third-order valence-corrected chi connectivity index (χ3v) is 4.47. The summed E-state index contributed by atoms with van der Waals surface area (Å²) in [5, 5.41) is 12.5. The molecule has 0 radical (unpaired) electrons. The third kappa shape index (κ3) is 4.41. The maximum Gasteiger partial charge on any atom is 0.234 e. The number of rotatable bonds is 5. The molecule has 6 heteroatoms. The van der Waals surface area contributed by atoms with Crippen LogP contribution in [-0.4, -0.2) is 11.7 Å². The van der Waals surface area contributed by atoms with Gasteiger partial charge in [-0.25, -0.2) is 0 Å². The largest absolute Gasteiger partial charge is 0.323 e. The monoisotopic (exact) mass is 350 g/mol. The number of benzene rings is 2. The topological polar surface area (TPSA) is 52.9 Å². The summed E-state index contributed by atoms with van der Waals surface area (Å²) in [6.45, 7) is 0. The number of hydrogen-bond acceptors (Lipinski definition) is 3. The molecule has 0 aliphatic heterocycles. The third-order valence-electron chi connectivity index (χ3n) is 2.86. The van der Waals surface area contributed by atoms with Crippen LogP contribution in [0.3, 0.4) is 0 Å². The second kappa shape index (κ2) is 8.09. The number of amides is 1. The molecule has 0 saturated heterocycles. The van der Waals surface area contributed by atoms with E-state index < -0.39 is 0 Å². The smallest absolute Gasteiger partial charge is 0.234 e. The number of nitriles is 1. The van der Waals surface area contributed by atoms with Crippen molar-refractivity contribution in [3.63, 3.8) is 0 Å². The standard InChI is InChI=1S/C16H12Cl2N2OS/c17-13-6-3-7-14(18)16(13)20-15(21)10-22-9-12-5-2-1-4-11(12)8-19/h1-7H,9-10H2,(H,20,21). The molecule has 0 fully saturated rings. The minimum Gasteiger partial charge on any atom is -0.323 e. The molecule has 0 spiro atoms. The predicted octanol–water partition coefficient (Wildman–Crippen LogP) is 4.74. The molecule has 1 amide bonds. The van der Waals surface area contributed by atoms with E-state index in [9.17, 15) is 4.79 Å². The van der Waals surface area contributed by atoms with Crippen LogP contribution in [0.5, 0.6) is 0 Å². The second-order valence-corrected chi connectivity index (χ2v) is 6.21. The summed E-state index contributed by atoms with van der Waals surface area (Å²) in [5.41, 5.74) is 1.97. The van der Waals surface area contributed by atoms with E-state index in [0.29, 0.717) is 27.0 Å². The van der Waals surface area contributed by atoms with E-state index in [-0.39, 0.29) is 11.7 Å². The van der Waals surface area contributed by atoms with Gasteiger partial charge in [-0.2, -0.15) is 5.26 Å². The van der Waals surface area contributed by atoms with E-state index in [2.05, 4.69) is 11.4 Å². The highest BCUT2D eigenvalue weighted by Crippen LogP contribution is 2.30. The lowest BCUT2D eigenvalue weighted by atomic mass is 10.1. The number of nitrogens with one attached hydrogen (secondary N) is 1. The number of carbonyl (C=O) groups is 1. The van der Waals surface area contributed by atoms with Crippen LogP contribution in [0.2, 0.25) is 10.0 Å². The summed E-state index contributed by atoms with van der Waals surface area (Å²) in [4.78, 5) is 11.9. The average molecular weight is 351 g/mol. The van der Waals surface area contributed by atoms with Crippen molar-refractivity contribution in [2.45, 2.75) is 5.75 Å². The van der Waals surface area contributed by atoms with Gasteiger partial charge in [-0.15, -0.1) is 11.8 Å². The first-order chi connectivity index (χ1) is 10.6. The van der Waals surface area contributed by atoms with Gasteiger partial charge in [0.1, 0.15) is 0 Å². The minimum absolute atomic E-state index is 0.186. The number of anilines is 1. The van der Waals surface area contributed by atoms with Gasteiger partial charge < -0.3 is 5.32 Å². The van der Waals surface area contributed by atoms with Crippen molar-refractivity contribution in [1.29, 1.82) is 5.26 Å². The van der Waals surface area contributed by atoms with Gasteiger partial charge in [-0.05, 0) is 23.8 Å². The Labute approximate surface area is 143 Å². The molecule has 0 aliphatic carbocycles. The lowest BCUT2D eigenvalue weighted by Gasteiger charge is -2.09. The van der Waals surface area contributed by atoms with Crippen LogP contribution >= 0.6 is 35.0 Å². The van der Waals surface area contributed by atoms with Crippen LogP contribution in [-0.2, 0) is 10.5 Å². The normalized spacial score (nSPS) is 10.0. The maximum atomic E-state index is 11.9. The van der Waals surface area contributed by atoms with Gasteiger partial charge in [0, 0.05) is 5.75 Å². The van der Waals surface area contributed by atoms with Crippen molar-refractivity contribution in [1.82, 2.24) is 0 Å². The van der Waals surface area contributed by atoms with E-state index in [0.717, 1.165) is 5.56 Å². The number of carbonyl (C=O) groups excluding carboxylic acids is 1. The Balaban J connectivity index is 1.90. The van der Waals surface area contributed by atoms with Gasteiger partial charge in [0.15, 0.2) is 0 Å². The van der Waals surface area contributed by atoms with Crippen LogP contribution in [0.1, 0.15) is 11.1 Å². The van der Waals surface area contributed by atoms with Gasteiger partial charge in [0.2, 0.25) is 5.91 Å². The molecule has 112 valence electrons. The van der Waals surface area contributed by atoms with Gasteiger partial charge in [0.25, 0.3) is 0 Å². The summed E-state index contributed by atoms with van der Waals surface area (Å²) in [6, 6.07) is 14.5. The second-order valence-electron chi connectivity index (χ2n) is 4.41. The maximum absolute atomic E-state index is 11.9. The molecule has 0 bridgehead atoms. The average Bonchev–Trinajstić information content (AvgIpc) is 2.51. The molecule has 0 aromatic heterocycles. The number of thioether (sulfide) groups is 1. The number of hydrogen-bond donors (Lipinski definition) is 1. The first-order valence-corrected chi connectivity index (χ1v) is 8.32. The minimum atomic E-state index is -0.186. The molecule has 0 saturated carbocycles. The molecule has 2 aromatic rings. The highest BCUT2D eigenvalue weighted by atomic mass is 35.5. The summed E-state index contributed by atoms with van der Waals surface area (Å²) in [6.07, 6.45) is 0. The van der Waals surface area contributed by atoms with Crippen LogP contribution in [0.15, 0.2) is 42.5 Å². The molecule has 3 nitrogen and oxygen atoms in total. The first kappa shape index (κ1) is 16.7. The van der Waals surface area contributed by atoms with Crippen molar-refractivity contribution >= 4 is 46.6 Å². The van der Waals surface area contributed by atoms with Crippen molar-refractivity contribution < 1.29 is 4.79 Å². The predicted molar refractivity (Wildman–Crippen MR) is 92.4 cm³/mol. The summed E-state index contributed by atoms with van der Waals surface area (Å²) in [7, 11) is 0. The van der Waals surface area contributed by atoms with Crippen LogP contribution in [0.4, 0.5) is 5.69 Å². The van der Waals surface area contributed by atoms with Crippen LogP contribution in [0, 0.1) is 11.3 Å². The molecule has 1 N–H and O–H groups in total. The zero-order valence-electron chi connectivity index (χ0n) is 11.5. The molecule has 0 aliphatic rings. The summed E-state index contributed by atoms with van der Waals surface area (Å²) < 4.78 is 0. The Morgan fingerprint density at radius 1 is 1.14 bits per heavy atom. The Bertz CT molecular complexity index is 708. The molecular formula is C16H12Cl2N2OS. The fourth-order valence-corrected chi connectivity index (χ4v) is 3.12. The number of halogens is 2. The van der Waals surface area contributed by atoms with E-state index in [1.165, 1.54) is 11.8 Å². The molecule has 22 heavy (non-hydrogen) atoms. The van der Waals surface area contributed by atoms with Crippen molar-refractivity contribution in [3.05, 3.63) is 63.6 Å².